The number of hydrogen-bond acceptors (Lipinski definition) is 2. The van der Waals surface area contributed by atoms with Crippen LogP contribution in [0.25, 0.3) is 0 Å². The molecular formula is C15H18FNO3. The molecule has 20 heavy (non-hydrogen) atoms. The first kappa shape index (κ1) is 14.5. The molecule has 0 spiro atoms. The number of halogens is 1. The summed E-state index contributed by atoms with van der Waals surface area (Å²) in [5.74, 6) is -1.70. The monoisotopic (exact) mass is 279 g/mol. The number of carboxylic acid groups (broad SMARTS) is 1. The van der Waals surface area contributed by atoms with E-state index in [4.69, 9.17) is 0 Å². The third-order valence-electron chi connectivity index (χ3n) is 3.89. The fraction of sp³-hybridized carbons (Fsp3) is 0.467. The topological polar surface area (TPSA) is 57.6 Å². The van der Waals surface area contributed by atoms with Gasteiger partial charge in [0.1, 0.15) is 11.4 Å². The quantitative estimate of drug-likeness (QED) is 0.922. The molecule has 108 valence electrons. The number of amides is 1. The maximum atomic E-state index is 12.9. The number of hydrogen-bond donors (Lipinski definition) is 1. The van der Waals surface area contributed by atoms with Gasteiger partial charge in [0.05, 0.1) is 0 Å². The molecule has 1 amide bonds. The Morgan fingerprint density at radius 1 is 1.35 bits per heavy atom. The number of aliphatic carboxylic acids is 1. The lowest BCUT2D eigenvalue weighted by molar-refractivity contribution is -0.148. The standard InChI is InChI=1S/C15H18FNO3/c1-2-8-15(14(19)20)9-3-10-17(15)13(18)11-4-6-12(16)7-5-11/h4-7H,2-3,8-10H2,1H3,(H,19,20). The third kappa shape index (κ3) is 2.40. The molecule has 1 aliphatic heterocycles. The van der Waals surface area contributed by atoms with Crippen LogP contribution in [-0.2, 0) is 4.79 Å². The molecule has 1 aromatic carbocycles. The maximum absolute atomic E-state index is 12.9. The summed E-state index contributed by atoms with van der Waals surface area (Å²) >= 11 is 0. The van der Waals surface area contributed by atoms with Crippen LogP contribution in [0.5, 0.6) is 0 Å². The van der Waals surface area contributed by atoms with Crippen LogP contribution in [0, 0.1) is 5.82 Å². The number of rotatable bonds is 4. The number of carbonyl (C=O) groups excluding carboxylic acids is 1. The van der Waals surface area contributed by atoms with E-state index in [0.717, 1.165) is 0 Å². The van der Waals surface area contributed by atoms with E-state index >= 15 is 0 Å². The SMILES string of the molecule is CCCC1(C(=O)O)CCCN1C(=O)c1ccc(F)cc1. The van der Waals surface area contributed by atoms with Crippen molar-refractivity contribution in [3.63, 3.8) is 0 Å². The Hall–Kier alpha value is -1.91. The van der Waals surface area contributed by atoms with Crippen molar-refractivity contribution in [1.82, 2.24) is 4.90 Å². The fourth-order valence-electron chi connectivity index (χ4n) is 2.93. The molecule has 1 aliphatic rings. The Labute approximate surface area is 117 Å². The predicted molar refractivity (Wildman–Crippen MR) is 71.9 cm³/mol. The zero-order chi connectivity index (χ0) is 14.8. The van der Waals surface area contributed by atoms with E-state index in [-0.39, 0.29) is 5.91 Å². The lowest BCUT2D eigenvalue weighted by atomic mass is 9.90. The van der Waals surface area contributed by atoms with Crippen LogP contribution in [0.4, 0.5) is 4.39 Å². The van der Waals surface area contributed by atoms with Crippen molar-refractivity contribution < 1.29 is 19.1 Å². The van der Waals surface area contributed by atoms with E-state index in [1.54, 1.807) is 0 Å². The molecule has 0 aliphatic carbocycles. The van der Waals surface area contributed by atoms with Crippen LogP contribution >= 0.6 is 0 Å². The van der Waals surface area contributed by atoms with E-state index in [0.29, 0.717) is 37.8 Å². The van der Waals surface area contributed by atoms with Gasteiger partial charge in [-0.15, -0.1) is 0 Å². The number of benzene rings is 1. The van der Waals surface area contributed by atoms with Gasteiger partial charge in [-0.1, -0.05) is 13.3 Å². The molecule has 0 saturated carbocycles. The van der Waals surface area contributed by atoms with Crippen LogP contribution in [0.1, 0.15) is 43.0 Å². The van der Waals surface area contributed by atoms with Gasteiger partial charge < -0.3 is 10.0 Å². The normalized spacial score (nSPS) is 22.0. The molecular weight excluding hydrogens is 261 g/mol. The van der Waals surface area contributed by atoms with Gasteiger partial charge in [0.25, 0.3) is 5.91 Å². The highest BCUT2D eigenvalue weighted by atomic mass is 19.1. The van der Waals surface area contributed by atoms with Crippen molar-refractivity contribution in [1.29, 1.82) is 0 Å². The summed E-state index contributed by atoms with van der Waals surface area (Å²) in [6.45, 7) is 2.34. The second-order valence-corrected chi connectivity index (χ2v) is 5.15. The molecule has 1 fully saturated rings. The molecule has 1 saturated heterocycles. The van der Waals surface area contributed by atoms with Crippen molar-refractivity contribution in [2.45, 2.75) is 38.1 Å². The predicted octanol–water partition coefficient (Wildman–Crippen LogP) is 2.69. The van der Waals surface area contributed by atoms with Crippen molar-refractivity contribution in [2.75, 3.05) is 6.54 Å². The van der Waals surface area contributed by atoms with Crippen molar-refractivity contribution in [3.8, 4) is 0 Å². The minimum absolute atomic E-state index is 0.329. The first-order chi connectivity index (χ1) is 9.51. The average molecular weight is 279 g/mol. The fourth-order valence-corrected chi connectivity index (χ4v) is 2.93. The Morgan fingerprint density at radius 2 is 2.00 bits per heavy atom. The van der Waals surface area contributed by atoms with E-state index in [9.17, 15) is 19.1 Å². The summed E-state index contributed by atoms with van der Waals surface area (Å²) in [6, 6.07) is 5.22. The van der Waals surface area contributed by atoms with Crippen LogP contribution in [-0.4, -0.2) is 34.0 Å². The van der Waals surface area contributed by atoms with E-state index in [2.05, 4.69) is 0 Å². The van der Waals surface area contributed by atoms with Crippen LogP contribution in [0.2, 0.25) is 0 Å². The van der Waals surface area contributed by atoms with E-state index in [1.807, 2.05) is 6.92 Å². The zero-order valence-electron chi connectivity index (χ0n) is 11.4. The van der Waals surface area contributed by atoms with Gasteiger partial charge in [-0.05, 0) is 43.5 Å². The Balaban J connectivity index is 2.32. The van der Waals surface area contributed by atoms with Gasteiger partial charge in [0.2, 0.25) is 0 Å². The first-order valence-electron chi connectivity index (χ1n) is 6.82. The zero-order valence-corrected chi connectivity index (χ0v) is 11.4. The molecule has 0 radical (unpaired) electrons. The highest BCUT2D eigenvalue weighted by molar-refractivity contribution is 5.98. The second kappa shape index (κ2) is 5.61. The number of likely N-dealkylation sites (tertiary alicyclic amines) is 1. The van der Waals surface area contributed by atoms with Gasteiger partial charge in [-0.2, -0.15) is 0 Å². The molecule has 1 heterocycles. The van der Waals surface area contributed by atoms with Crippen LogP contribution < -0.4 is 0 Å². The summed E-state index contributed by atoms with van der Waals surface area (Å²) < 4.78 is 12.9. The highest BCUT2D eigenvalue weighted by Crippen LogP contribution is 2.35. The van der Waals surface area contributed by atoms with Crippen LogP contribution in [0.15, 0.2) is 24.3 Å². The molecule has 0 aromatic heterocycles. The Kier molecular flexibility index (Phi) is 4.06. The number of carbonyl (C=O) groups is 2. The minimum atomic E-state index is -1.11. The van der Waals surface area contributed by atoms with Gasteiger partial charge in [-0.25, -0.2) is 9.18 Å². The molecule has 2 rings (SSSR count). The summed E-state index contributed by atoms with van der Waals surface area (Å²) in [5, 5.41) is 9.55. The molecule has 1 N–H and O–H groups in total. The summed E-state index contributed by atoms with van der Waals surface area (Å²) in [6.07, 6.45) is 2.29. The average Bonchev–Trinajstić information content (AvgIpc) is 2.84. The lowest BCUT2D eigenvalue weighted by Crippen LogP contribution is -2.53. The smallest absolute Gasteiger partial charge is 0.329 e. The molecule has 1 unspecified atom stereocenters. The summed E-state index contributed by atoms with van der Waals surface area (Å²) in [5.41, 5.74) is -0.782. The van der Waals surface area contributed by atoms with E-state index < -0.39 is 17.3 Å². The minimum Gasteiger partial charge on any atom is -0.479 e. The number of carboxylic acids is 1. The summed E-state index contributed by atoms with van der Waals surface area (Å²) in [4.78, 5) is 25.6. The molecule has 1 aromatic rings. The van der Waals surface area contributed by atoms with Gasteiger partial charge >= 0.3 is 5.97 Å². The van der Waals surface area contributed by atoms with Gasteiger partial charge in [0, 0.05) is 12.1 Å². The van der Waals surface area contributed by atoms with Crippen molar-refractivity contribution >= 4 is 11.9 Å². The molecule has 4 nitrogen and oxygen atoms in total. The Bertz CT molecular complexity index is 514. The van der Waals surface area contributed by atoms with Gasteiger partial charge in [-0.3, -0.25) is 4.79 Å². The van der Waals surface area contributed by atoms with Gasteiger partial charge in [0.15, 0.2) is 0 Å². The summed E-state index contributed by atoms with van der Waals surface area (Å²) in [7, 11) is 0. The lowest BCUT2D eigenvalue weighted by Gasteiger charge is -2.34. The van der Waals surface area contributed by atoms with Crippen molar-refractivity contribution in [2.24, 2.45) is 0 Å². The molecule has 5 heteroatoms. The van der Waals surface area contributed by atoms with Crippen LogP contribution in [0.3, 0.4) is 0 Å². The van der Waals surface area contributed by atoms with Crippen molar-refractivity contribution in [3.05, 3.63) is 35.6 Å². The second-order valence-electron chi connectivity index (χ2n) is 5.15. The largest absolute Gasteiger partial charge is 0.479 e. The first-order valence-corrected chi connectivity index (χ1v) is 6.82. The molecule has 0 bridgehead atoms. The Morgan fingerprint density at radius 3 is 2.55 bits per heavy atom. The highest BCUT2D eigenvalue weighted by Gasteiger charge is 2.49. The molecule has 1 atom stereocenters. The number of nitrogens with zero attached hydrogens (tertiary/aromatic N) is 1. The third-order valence-corrected chi connectivity index (χ3v) is 3.89. The van der Waals surface area contributed by atoms with E-state index in [1.165, 1.54) is 29.2 Å². The maximum Gasteiger partial charge on any atom is 0.329 e.